The van der Waals surface area contributed by atoms with Crippen molar-refractivity contribution in [1.82, 2.24) is 20.0 Å². The second kappa shape index (κ2) is 8.25. The second-order valence-corrected chi connectivity index (χ2v) is 5.57. The summed E-state index contributed by atoms with van der Waals surface area (Å²) in [6.45, 7) is 0. The van der Waals surface area contributed by atoms with Gasteiger partial charge in [-0.2, -0.15) is 5.10 Å². The van der Waals surface area contributed by atoms with E-state index in [1.165, 1.54) is 27.4 Å². The lowest BCUT2D eigenvalue weighted by molar-refractivity contribution is -0.112. The summed E-state index contributed by atoms with van der Waals surface area (Å²) >= 11 is 0. The van der Waals surface area contributed by atoms with Crippen LogP contribution in [0.15, 0.2) is 34.9 Å². The SMILES string of the molecule is COc1cc(C=CC(=O)Nc2nnc(-c3ccn(C)n3)o2)cc(OC)c1OC. The molecule has 1 aromatic carbocycles. The Bertz CT molecular complexity index is 982. The van der Waals surface area contributed by atoms with Crippen LogP contribution in [-0.4, -0.2) is 47.2 Å². The van der Waals surface area contributed by atoms with Gasteiger partial charge in [0.2, 0.25) is 5.75 Å². The number of nitrogens with one attached hydrogen (secondary N) is 1. The number of carbonyl (C=O) groups is 1. The number of ether oxygens (including phenoxy) is 3. The topological polar surface area (TPSA) is 114 Å². The number of methoxy groups -OCH3 is 3. The van der Waals surface area contributed by atoms with E-state index in [1.54, 1.807) is 42.2 Å². The van der Waals surface area contributed by atoms with Gasteiger partial charge in [0.1, 0.15) is 5.69 Å². The molecule has 0 bridgehead atoms. The van der Waals surface area contributed by atoms with Gasteiger partial charge in [-0.25, -0.2) is 0 Å². The number of hydrogen-bond donors (Lipinski definition) is 1. The van der Waals surface area contributed by atoms with Crippen LogP contribution < -0.4 is 19.5 Å². The van der Waals surface area contributed by atoms with Crippen molar-refractivity contribution < 1.29 is 23.4 Å². The van der Waals surface area contributed by atoms with E-state index in [2.05, 4.69) is 20.6 Å². The van der Waals surface area contributed by atoms with Gasteiger partial charge in [0.05, 0.1) is 21.3 Å². The third-order valence-electron chi connectivity index (χ3n) is 3.70. The van der Waals surface area contributed by atoms with Crippen LogP contribution >= 0.6 is 0 Å². The van der Waals surface area contributed by atoms with Crippen molar-refractivity contribution in [1.29, 1.82) is 0 Å². The van der Waals surface area contributed by atoms with E-state index < -0.39 is 5.91 Å². The summed E-state index contributed by atoms with van der Waals surface area (Å²) in [6.07, 6.45) is 4.67. The van der Waals surface area contributed by atoms with Gasteiger partial charge in [0.25, 0.3) is 11.8 Å². The molecule has 3 rings (SSSR count). The highest BCUT2D eigenvalue weighted by atomic mass is 16.5. The Balaban J connectivity index is 1.71. The van der Waals surface area contributed by atoms with Crippen LogP contribution in [0.2, 0.25) is 0 Å². The largest absolute Gasteiger partial charge is 0.493 e. The van der Waals surface area contributed by atoms with E-state index in [-0.39, 0.29) is 11.9 Å². The van der Waals surface area contributed by atoms with Crippen LogP contribution in [0.3, 0.4) is 0 Å². The first-order valence-corrected chi connectivity index (χ1v) is 8.16. The average Bonchev–Trinajstić information content (AvgIpc) is 3.34. The van der Waals surface area contributed by atoms with Crippen molar-refractivity contribution in [2.45, 2.75) is 0 Å². The summed E-state index contributed by atoms with van der Waals surface area (Å²) in [5, 5.41) is 14.3. The number of carbonyl (C=O) groups excluding carboxylic acids is 1. The van der Waals surface area contributed by atoms with Gasteiger partial charge in [-0.3, -0.25) is 14.8 Å². The monoisotopic (exact) mass is 385 g/mol. The second-order valence-electron chi connectivity index (χ2n) is 5.57. The quantitative estimate of drug-likeness (QED) is 0.616. The fourth-order valence-electron chi connectivity index (χ4n) is 2.42. The van der Waals surface area contributed by atoms with Crippen molar-refractivity contribution in [3.8, 4) is 28.8 Å². The highest BCUT2D eigenvalue weighted by Crippen LogP contribution is 2.38. The zero-order valence-corrected chi connectivity index (χ0v) is 15.8. The van der Waals surface area contributed by atoms with Gasteiger partial charge in [-0.15, -0.1) is 5.10 Å². The Kier molecular flexibility index (Phi) is 5.58. The van der Waals surface area contributed by atoms with Gasteiger partial charge in [0, 0.05) is 19.3 Å². The van der Waals surface area contributed by atoms with Gasteiger partial charge in [-0.1, -0.05) is 5.10 Å². The molecule has 0 atom stereocenters. The molecular formula is C18H19N5O5. The molecule has 10 heteroatoms. The fraction of sp³-hybridized carbons (Fsp3) is 0.222. The molecule has 0 fully saturated rings. The first kappa shape index (κ1) is 19.0. The Hall–Kier alpha value is -3.82. The van der Waals surface area contributed by atoms with Crippen molar-refractivity contribution >= 4 is 18.0 Å². The van der Waals surface area contributed by atoms with Crippen LogP contribution in [0.5, 0.6) is 17.2 Å². The standard InChI is InChI=1S/C18H19N5O5/c1-23-8-7-12(22-23)17-20-21-18(28-17)19-15(24)6-5-11-9-13(25-2)16(27-4)14(10-11)26-3/h5-10H,1-4H3,(H,19,21,24). The third-order valence-corrected chi connectivity index (χ3v) is 3.70. The van der Waals surface area contributed by atoms with E-state index in [4.69, 9.17) is 18.6 Å². The normalized spacial score (nSPS) is 10.9. The molecule has 2 aromatic heterocycles. The van der Waals surface area contributed by atoms with Gasteiger partial charge in [0.15, 0.2) is 11.5 Å². The molecule has 10 nitrogen and oxygen atoms in total. The lowest BCUT2D eigenvalue weighted by Gasteiger charge is -2.12. The number of nitrogens with zero attached hydrogens (tertiary/aromatic N) is 4. The number of hydrogen-bond acceptors (Lipinski definition) is 8. The highest BCUT2D eigenvalue weighted by molar-refractivity contribution is 6.00. The van der Waals surface area contributed by atoms with Crippen LogP contribution in [0.25, 0.3) is 17.7 Å². The average molecular weight is 385 g/mol. The Labute approximate surface area is 160 Å². The van der Waals surface area contributed by atoms with Gasteiger partial charge < -0.3 is 18.6 Å². The number of rotatable bonds is 7. The molecule has 0 spiro atoms. The summed E-state index contributed by atoms with van der Waals surface area (Å²) in [5.74, 6) is 1.21. The number of amides is 1. The van der Waals surface area contributed by atoms with Crippen LogP contribution in [0, 0.1) is 0 Å². The van der Waals surface area contributed by atoms with Crippen molar-refractivity contribution in [2.24, 2.45) is 7.05 Å². The molecule has 3 aromatic rings. The van der Waals surface area contributed by atoms with E-state index in [0.29, 0.717) is 28.5 Å². The molecule has 0 saturated heterocycles. The summed E-state index contributed by atoms with van der Waals surface area (Å²) in [6, 6.07) is 5.14. The molecule has 0 unspecified atom stereocenters. The maximum Gasteiger partial charge on any atom is 0.322 e. The van der Waals surface area contributed by atoms with Crippen molar-refractivity contribution in [2.75, 3.05) is 26.6 Å². The van der Waals surface area contributed by atoms with Crippen molar-refractivity contribution in [3.05, 3.63) is 36.0 Å². The first-order valence-electron chi connectivity index (χ1n) is 8.16. The molecule has 2 heterocycles. The molecule has 0 saturated carbocycles. The third kappa shape index (κ3) is 4.11. The number of benzene rings is 1. The summed E-state index contributed by atoms with van der Waals surface area (Å²) in [5.41, 5.74) is 1.20. The molecular weight excluding hydrogens is 366 g/mol. The van der Waals surface area contributed by atoms with Crippen LogP contribution in [0.4, 0.5) is 6.01 Å². The molecule has 0 radical (unpaired) electrons. The Morgan fingerprint density at radius 1 is 1.14 bits per heavy atom. The predicted molar refractivity (Wildman–Crippen MR) is 100 cm³/mol. The van der Waals surface area contributed by atoms with Gasteiger partial charge >= 0.3 is 6.01 Å². The molecule has 0 aliphatic heterocycles. The molecule has 0 aliphatic carbocycles. The minimum absolute atomic E-state index is 0.0276. The van der Waals surface area contributed by atoms with Crippen LogP contribution in [0.1, 0.15) is 5.56 Å². The molecule has 1 amide bonds. The minimum atomic E-state index is -0.440. The van der Waals surface area contributed by atoms with Gasteiger partial charge in [-0.05, 0) is 29.8 Å². The van der Waals surface area contributed by atoms with E-state index in [9.17, 15) is 4.79 Å². The lowest BCUT2D eigenvalue weighted by Crippen LogP contribution is -2.07. The first-order chi connectivity index (χ1) is 13.5. The predicted octanol–water partition coefficient (Wildman–Crippen LogP) is 2.15. The molecule has 0 aliphatic rings. The summed E-state index contributed by atoms with van der Waals surface area (Å²) in [7, 11) is 6.34. The van der Waals surface area contributed by atoms with Crippen molar-refractivity contribution in [3.63, 3.8) is 0 Å². The highest BCUT2D eigenvalue weighted by Gasteiger charge is 2.14. The summed E-state index contributed by atoms with van der Waals surface area (Å²) < 4.78 is 22.8. The molecule has 1 N–H and O–H groups in total. The van der Waals surface area contributed by atoms with E-state index >= 15 is 0 Å². The number of aromatic nitrogens is 4. The van der Waals surface area contributed by atoms with E-state index in [1.807, 2.05) is 0 Å². The maximum atomic E-state index is 12.1. The lowest BCUT2D eigenvalue weighted by atomic mass is 10.1. The smallest absolute Gasteiger partial charge is 0.322 e. The maximum absolute atomic E-state index is 12.1. The number of anilines is 1. The van der Waals surface area contributed by atoms with E-state index in [0.717, 1.165) is 0 Å². The summed E-state index contributed by atoms with van der Waals surface area (Å²) in [4.78, 5) is 12.1. The zero-order chi connectivity index (χ0) is 20.1. The minimum Gasteiger partial charge on any atom is -0.493 e. The molecule has 146 valence electrons. The zero-order valence-electron chi connectivity index (χ0n) is 15.8. The van der Waals surface area contributed by atoms with Crippen LogP contribution in [-0.2, 0) is 11.8 Å². The molecule has 28 heavy (non-hydrogen) atoms. The Morgan fingerprint density at radius 3 is 2.43 bits per heavy atom. The number of aryl methyl sites for hydroxylation is 1. The fourth-order valence-corrected chi connectivity index (χ4v) is 2.42. The Morgan fingerprint density at radius 2 is 1.86 bits per heavy atom.